The van der Waals surface area contributed by atoms with E-state index in [0.717, 1.165) is 12.0 Å². The number of nitrogens with zero attached hydrogens (tertiary/aromatic N) is 1. The molecule has 4 nitrogen and oxygen atoms in total. The first-order chi connectivity index (χ1) is 14.3. The van der Waals surface area contributed by atoms with Crippen LogP contribution in [0.3, 0.4) is 0 Å². The molecule has 2 aromatic carbocycles. The number of carbonyl (C=O) groups is 2. The summed E-state index contributed by atoms with van der Waals surface area (Å²) in [7, 11) is 0. The molecule has 2 rings (SSSR count). The fourth-order valence-electron chi connectivity index (χ4n) is 3.07. The van der Waals surface area contributed by atoms with Gasteiger partial charge in [0.05, 0.1) is 16.5 Å². The summed E-state index contributed by atoms with van der Waals surface area (Å²) in [5, 5.41) is 4.51. The van der Waals surface area contributed by atoms with Gasteiger partial charge < -0.3 is 10.2 Å². The molecule has 0 aliphatic heterocycles. The topological polar surface area (TPSA) is 49.4 Å². The predicted octanol–water partition coefficient (Wildman–Crippen LogP) is 6.18. The van der Waals surface area contributed by atoms with Crippen LogP contribution in [0.4, 0.5) is 0 Å². The van der Waals surface area contributed by atoms with Gasteiger partial charge in [-0.2, -0.15) is 0 Å². The maximum absolute atomic E-state index is 13.3. The Morgan fingerprint density at radius 3 is 2.20 bits per heavy atom. The maximum atomic E-state index is 13.3. The molecule has 0 spiro atoms. The van der Waals surface area contributed by atoms with Crippen LogP contribution in [-0.2, 0) is 22.6 Å². The maximum Gasteiger partial charge on any atom is 0.242 e. The molecule has 2 amide bonds. The highest BCUT2D eigenvalue weighted by molar-refractivity contribution is 6.42. The number of nitrogens with one attached hydrogen (secondary N) is 1. The summed E-state index contributed by atoms with van der Waals surface area (Å²) < 4.78 is 0. The van der Waals surface area contributed by atoms with E-state index in [1.165, 1.54) is 0 Å². The summed E-state index contributed by atoms with van der Waals surface area (Å²) >= 11 is 24.7. The van der Waals surface area contributed by atoms with Crippen molar-refractivity contribution >= 4 is 58.2 Å². The number of amides is 2. The third-order valence-electron chi connectivity index (χ3n) is 4.66. The van der Waals surface area contributed by atoms with E-state index in [1.54, 1.807) is 41.3 Å². The Balaban J connectivity index is 2.36. The minimum atomic E-state index is -0.639. The van der Waals surface area contributed by atoms with E-state index < -0.39 is 6.04 Å². The number of benzene rings is 2. The molecule has 0 fully saturated rings. The molecule has 0 aliphatic carbocycles. The van der Waals surface area contributed by atoms with Gasteiger partial charge in [0.25, 0.3) is 0 Å². The first kappa shape index (κ1) is 24.8. The lowest BCUT2D eigenvalue weighted by Gasteiger charge is -2.31. The SMILES string of the molecule is CCCNC(=O)[C@H](CC)N(Cc1ccc(Cl)c(Cl)c1)C(=O)Cc1c(Cl)cccc1Cl. The lowest BCUT2D eigenvalue weighted by atomic mass is 10.1. The Morgan fingerprint density at radius 1 is 0.967 bits per heavy atom. The highest BCUT2D eigenvalue weighted by Gasteiger charge is 2.29. The van der Waals surface area contributed by atoms with Gasteiger partial charge in [-0.25, -0.2) is 0 Å². The van der Waals surface area contributed by atoms with E-state index in [9.17, 15) is 9.59 Å². The minimum absolute atomic E-state index is 0.0165. The molecule has 0 heterocycles. The average Bonchev–Trinajstić information content (AvgIpc) is 2.71. The van der Waals surface area contributed by atoms with Crippen LogP contribution in [0, 0.1) is 0 Å². The molecule has 2 aromatic rings. The van der Waals surface area contributed by atoms with Gasteiger partial charge in [-0.05, 0) is 48.2 Å². The number of halogens is 4. The van der Waals surface area contributed by atoms with E-state index >= 15 is 0 Å². The molecule has 1 atom stereocenters. The first-order valence-corrected chi connectivity index (χ1v) is 11.2. The van der Waals surface area contributed by atoms with Crippen LogP contribution >= 0.6 is 46.4 Å². The molecule has 0 saturated carbocycles. The fourth-order valence-corrected chi connectivity index (χ4v) is 3.93. The van der Waals surface area contributed by atoms with Crippen LogP contribution in [0.5, 0.6) is 0 Å². The zero-order valence-corrected chi connectivity index (χ0v) is 19.9. The molecule has 0 unspecified atom stereocenters. The third-order valence-corrected chi connectivity index (χ3v) is 6.11. The van der Waals surface area contributed by atoms with Crippen LogP contribution in [0.25, 0.3) is 0 Å². The largest absolute Gasteiger partial charge is 0.354 e. The zero-order valence-electron chi connectivity index (χ0n) is 16.9. The minimum Gasteiger partial charge on any atom is -0.354 e. The van der Waals surface area contributed by atoms with Gasteiger partial charge in [-0.15, -0.1) is 0 Å². The molecule has 0 saturated heterocycles. The van der Waals surface area contributed by atoms with E-state index in [0.29, 0.717) is 38.6 Å². The molecule has 162 valence electrons. The highest BCUT2D eigenvalue weighted by atomic mass is 35.5. The van der Waals surface area contributed by atoms with E-state index in [1.807, 2.05) is 13.8 Å². The molecule has 0 bridgehead atoms. The van der Waals surface area contributed by atoms with Crippen molar-refractivity contribution in [1.82, 2.24) is 10.2 Å². The number of hydrogen-bond acceptors (Lipinski definition) is 2. The standard InChI is InChI=1S/C22H24Cl4N2O2/c1-3-10-27-22(30)20(4-2)28(13-14-8-9-18(25)19(26)11-14)21(29)12-15-16(23)6-5-7-17(15)24/h5-9,11,20H,3-4,10,12-13H2,1-2H3,(H,27,30)/t20-/m0/s1. The second kappa shape index (κ2) is 11.8. The quantitative estimate of drug-likeness (QED) is 0.457. The second-order valence-electron chi connectivity index (χ2n) is 6.86. The monoisotopic (exact) mass is 488 g/mol. The Bertz CT molecular complexity index is 884. The molecule has 0 radical (unpaired) electrons. The normalized spacial score (nSPS) is 11.8. The van der Waals surface area contributed by atoms with Crippen molar-refractivity contribution in [1.29, 1.82) is 0 Å². The summed E-state index contributed by atoms with van der Waals surface area (Å²) in [5.41, 5.74) is 1.30. The smallest absolute Gasteiger partial charge is 0.242 e. The lowest BCUT2D eigenvalue weighted by Crippen LogP contribution is -2.49. The summed E-state index contributed by atoms with van der Waals surface area (Å²) in [4.78, 5) is 27.6. The Kier molecular flexibility index (Phi) is 9.76. The van der Waals surface area contributed by atoms with Crippen molar-refractivity contribution < 1.29 is 9.59 Å². The van der Waals surface area contributed by atoms with Crippen LogP contribution in [0.1, 0.15) is 37.8 Å². The highest BCUT2D eigenvalue weighted by Crippen LogP contribution is 2.27. The first-order valence-electron chi connectivity index (χ1n) is 9.72. The van der Waals surface area contributed by atoms with E-state index in [4.69, 9.17) is 46.4 Å². The average molecular weight is 490 g/mol. The molecular weight excluding hydrogens is 466 g/mol. The Labute approximate surface area is 197 Å². The zero-order chi connectivity index (χ0) is 22.3. The number of rotatable bonds is 9. The molecule has 0 aliphatic rings. The van der Waals surface area contributed by atoms with Gasteiger partial charge >= 0.3 is 0 Å². The molecule has 30 heavy (non-hydrogen) atoms. The molecule has 0 aromatic heterocycles. The van der Waals surface area contributed by atoms with E-state index in [2.05, 4.69) is 5.32 Å². The van der Waals surface area contributed by atoms with Crippen molar-refractivity contribution in [2.45, 2.75) is 45.7 Å². The number of hydrogen-bond donors (Lipinski definition) is 1. The predicted molar refractivity (Wildman–Crippen MR) is 125 cm³/mol. The lowest BCUT2D eigenvalue weighted by molar-refractivity contribution is -0.140. The van der Waals surface area contributed by atoms with Gasteiger partial charge in [0.15, 0.2) is 0 Å². The summed E-state index contributed by atoms with van der Waals surface area (Å²) in [5.74, 6) is -0.451. The second-order valence-corrected chi connectivity index (χ2v) is 8.49. The van der Waals surface area contributed by atoms with Gasteiger partial charge in [0, 0.05) is 23.1 Å². The molecule has 8 heteroatoms. The van der Waals surface area contributed by atoms with E-state index in [-0.39, 0.29) is 24.8 Å². The van der Waals surface area contributed by atoms with Crippen molar-refractivity contribution in [2.24, 2.45) is 0 Å². The van der Waals surface area contributed by atoms with Crippen LogP contribution in [0.15, 0.2) is 36.4 Å². The number of carbonyl (C=O) groups excluding carboxylic acids is 2. The van der Waals surface area contributed by atoms with Crippen molar-refractivity contribution in [3.63, 3.8) is 0 Å². The molecule has 1 N–H and O–H groups in total. The summed E-state index contributed by atoms with van der Waals surface area (Å²) in [6.45, 7) is 4.59. The van der Waals surface area contributed by atoms with Crippen LogP contribution in [-0.4, -0.2) is 29.3 Å². The van der Waals surface area contributed by atoms with Crippen molar-refractivity contribution in [3.8, 4) is 0 Å². The summed E-state index contributed by atoms with van der Waals surface area (Å²) in [6, 6.07) is 9.61. The van der Waals surface area contributed by atoms with Crippen LogP contribution < -0.4 is 5.32 Å². The fraction of sp³-hybridized carbons (Fsp3) is 0.364. The van der Waals surface area contributed by atoms with Crippen molar-refractivity contribution in [3.05, 3.63) is 67.6 Å². The van der Waals surface area contributed by atoms with Gasteiger partial charge in [-0.3, -0.25) is 9.59 Å². The van der Waals surface area contributed by atoms with Crippen molar-refractivity contribution in [2.75, 3.05) is 6.54 Å². The molecular formula is C22H24Cl4N2O2. The van der Waals surface area contributed by atoms with Gasteiger partial charge in [-0.1, -0.05) is 72.4 Å². The van der Waals surface area contributed by atoms with Crippen LogP contribution in [0.2, 0.25) is 20.1 Å². The third kappa shape index (κ3) is 6.52. The summed E-state index contributed by atoms with van der Waals surface area (Å²) in [6.07, 6.45) is 1.24. The van der Waals surface area contributed by atoms with Gasteiger partial charge in [0.2, 0.25) is 11.8 Å². The Hall–Kier alpha value is -1.46. The van der Waals surface area contributed by atoms with Gasteiger partial charge in [0.1, 0.15) is 6.04 Å². The Morgan fingerprint density at radius 2 is 1.63 bits per heavy atom.